The Kier molecular flexibility index (Phi) is 3.47. The topological polar surface area (TPSA) is 82.6 Å². The van der Waals surface area contributed by atoms with Crippen molar-refractivity contribution in [1.82, 2.24) is 0 Å². The first kappa shape index (κ1) is 10.5. The summed E-state index contributed by atoms with van der Waals surface area (Å²) in [4.78, 5) is 20.1. The third-order valence-electron chi connectivity index (χ3n) is 1.31. The third kappa shape index (κ3) is 2.74. The molecule has 0 N–H and O–H groups in total. The molecule has 1 aromatic rings. The van der Waals surface area contributed by atoms with Crippen molar-refractivity contribution in [3.8, 4) is 0 Å². The van der Waals surface area contributed by atoms with E-state index < -0.39 is 10.9 Å². The van der Waals surface area contributed by atoms with E-state index in [0.717, 1.165) is 0 Å². The number of ether oxygens (including phenoxy) is 1. The highest BCUT2D eigenvalue weighted by Gasteiger charge is 2.12. The summed E-state index contributed by atoms with van der Waals surface area (Å²) in [5.41, 5.74) is 0. The van der Waals surface area contributed by atoms with Gasteiger partial charge in [-0.1, -0.05) is 0 Å². The van der Waals surface area contributed by atoms with E-state index in [-0.39, 0.29) is 24.1 Å². The van der Waals surface area contributed by atoms with Gasteiger partial charge >= 0.3 is 11.9 Å². The maximum atomic E-state index is 10.6. The van der Waals surface area contributed by atoms with E-state index in [4.69, 9.17) is 16.0 Å². The summed E-state index contributed by atoms with van der Waals surface area (Å²) in [6, 6.07) is 2.55. The second-order valence-electron chi connectivity index (χ2n) is 2.29. The quantitative estimate of drug-likeness (QED) is 0.331. The largest absolute Gasteiger partial charge is 0.457 e. The molecule has 0 aromatic carbocycles. The maximum absolute atomic E-state index is 10.6. The molecule has 14 heavy (non-hydrogen) atoms. The lowest BCUT2D eigenvalue weighted by atomic mass is 10.5. The van der Waals surface area contributed by atoms with Crippen molar-refractivity contribution in [1.29, 1.82) is 0 Å². The van der Waals surface area contributed by atoms with Crippen molar-refractivity contribution in [3.63, 3.8) is 0 Å². The van der Waals surface area contributed by atoms with Gasteiger partial charge in [-0.15, -0.1) is 11.6 Å². The molecule has 7 heteroatoms. The summed E-state index contributed by atoms with van der Waals surface area (Å²) in [5, 5.41) is 10.2. The van der Waals surface area contributed by atoms with Gasteiger partial charge in [0.15, 0.2) is 0 Å². The molecule has 0 aliphatic heterocycles. The van der Waals surface area contributed by atoms with Gasteiger partial charge in [0, 0.05) is 0 Å². The average molecular weight is 220 g/mol. The molecule has 0 amide bonds. The van der Waals surface area contributed by atoms with Crippen molar-refractivity contribution in [3.05, 3.63) is 28.0 Å². The lowest BCUT2D eigenvalue weighted by Gasteiger charge is -1.97. The predicted molar refractivity (Wildman–Crippen MR) is 45.9 cm³/mol. The summed E-state index contributed by atoms with van der Waals surface area (Å²) in [7, 11) is 0. The second-order valence-corrected chi connectivity index (χ2v) is 2.56. The van der Waals surface area contributed by atoms with E-state index in [1.165, 1.54) is 12.1 Å². The predicted octanol–water partition coefficient (Wildman–Crippen LogP) is 1.47. The zero-order chi connectivity index (χ0) is 10.6. The number of halogens is 1. The Bertz CT molecular complexity index is 348. The summed E-state index contributed by atoms with van der Waals surface area (Å²) < 4.78 is 9.30. The smallest absolute Gasteiger partial charge is 0.433 e. The van der Waals surface area contributed by atoms with Crippen LogP contribution < -0.4 is 0 Å². The molecule has 0 bridgehead atoms. The van der Waals surface area contributed by atoms with Gasteiger partial charge in [-0.25, -0.2) is 0 Å². The van der Waals surface area contributed by atoms with Gasteiger partial charge in [0.05, 0.1) is 6.07 Å². The van der Waals surface area contributed by atoms with Crippen LogP contribution in [0.15, 0.2) is 16.5 Å². The van der Waals surface area contributed by atoms with Crippen LogP contribution in [0.2, 0.25) is 0 Å². The molecule has 0 saturated carbocycles. The van der Waals surface area contributed by atoms with Crippen LogP contribution in [-0.4, -0.2) is 16.8 Å². The Balaban J connectivity index is 2.52. The molecule has 0 atom stereocenters. The summed E-state index contributed by atoms with van der Waals surface area (Å²) in [6.45, 7) is -0.153. The SMILES string of the molecule is O=C(CCl)OCc1ccc([N+](=O)[O-])o1. The van der Waals surface area contributed by atoms with Gasteiger partial charge in [0.25, 0.3) is 0 Å². The molecule has 0 aliphatic rings. The van der Waals surface area contributed by atoms with E-state index in [0.29, 0.717) is 0 Å². The van der Waals surface area contributed by atoms with E-state index in [1.54, 1.807) is 0 Å². The Morgan fingerprint density at radius 2 is 2.36 bits per heavy atom. The van der Waals surface area contributed by atoms with E-state index in [2.05, 4.69) is 4.74 Å². The van der Waals surface area contributed by atoms with Crippen LogP contribution in [0.4, 0.5) is 5.88 Å². The van der Waals surface area contributed by atoms with Crippen LogP contribution in [-0.2, 0) is 16.1 Å². The lowest BCUT2D eigenvalue weighted by Crippen LogP contribution is -2.04. The van der Waals surface area contributed by atoms with E-state index in [1.807, 2.05) is 0 Å². The molecule has 0 fully saturated rings. The molecule has 0 unspecified atom stereocenters. The average Bonchev–Trinajstić information content (AvgIpc) is 2.62. The second kappa shape index (κ2) is 4.61. The van der Waals surface area contributed by atoms with Crippen molar-refractivity contribution < 1.29 is 18.9 Å². The highest BCUT2D eigenvalue weighted by molar-refractivity contribution is 6.26. The zero-order valence-electron chi connectivity index (χ0n) is 6.94. The first-order valence-corrected chi connectivity index (χ1v) is 4.11. The fourth-order valence-electron chi connectivity index (χ4n) is 0.732. The van der Waals surface area contributed by atoms with Crippen LogP contribution in [0, 0.1) is 10.1 Å². The molecular weight excluding hydrogens is 214 g/mol. The number of nitrogens with zero attached hydrogens (tertiary/aromatic N) is 1. The van der Waals surface area contributed by atoms with Crippen molar-refractivity contribution >= 4 is 23.5 Å². The number of furan rings is 1. The third-order valence-corrected chi connectivity index (χ3v) is 1.53. The molecular formula is C7H6ClNO5. The highest BCUT2D eigenvalue weighted by Crippen LogP contribution is 2.16. The Morgan fingerprint density at radius 1 is 1.64 bits per heavy atom. The summed E-state index contributed by atoms with van der Waals surface area (Å²) in [6.07, 6.45) is 0. The molecule has 0 saturated heterocycles. The van der Waals surface area contributed by atoms with Gasteiger partial charge in [0.2, 0.25) is 0 Å². The Labute approximate surface area is 83.6 Å². The van der Waals surface area contributed by atoms with Crippen molar-refractivity contribution in [2.24, 2.45) is 0 Å². The standard InChI is InChI=1S/C7H6ClNO5/c8-3-7(10)13-4-5-1-2-6(14-5)9(11)12/h1-2H,3-4H2. The van der Waals surface area contributed by atoms with Crippen LogP contribution in [0.1, 0.15) is 5.76 Å². The minimum atomic E-state index is -0.674. The molecule has 0 radical (unpaired) electrons. The zero-order valence-corrected chi connectivity index (χ0v) is 7.69. The molecule has 76 valence electrons. The van der Waals surface area contributed by atoms with E-state index in [9.17, 15) is 14.9 Å². The van der Waals surface area contributed by atoms with Crippen LogP contribution in [0.5, 0.6) is 0 Å². The number of hydrogen-bond donors (Lipinski definition) is 0. The molecule has 1 heterocycles. The first-order valence-electron chi connectivity index (χ1n) is 3.58. The fourth-order valence-corrected chi connectivity index (χ4v) is 0.810. The number of esters is 1. The molecule has 0 aliphatic carbocycles. The number of rotatable bonds is 4. The minimum Gasteiger partial charge on any atom is -0.457 e. The fraction of sp³-hybridized carbons (Fsp3) is 0.286. The van der Waals surface area contributed by atoms with Crippen LogP contribution in [0.25, 0.3) is 0 Å². The normalized spacial score (nSPS) is 9.79. The number of hydrogen-bond acceptors (Lipinski definition) is 5. The van der Waals surface area contributed by atoms with Crippen molar-refractivity contribution in [2.75, 3.05) is 5.88 Å². The number of alkyl halides is 1. The van der Waals surface area contributed by atoms with E-state index >= 15 is 0 Å². The van der Waals surface area contributed by atoms with Crippen LogP contribution >= 0.6 is 11.6 Å². The number of carbonyl (C=O) groups excluding carboxylic acids is 1. The monoisotopic (exact) mass is 219 g/mol. The minimum absolute atomic E-state index is 0.153. The van der Waals surface area contributed by atoms with Gasteiger partial charge in [-0.05, 0) is 6.07 Å². The van der Waals surface area contributed by atoms with Gasteiger partial charge in [-0.2, -0.15) is 0 Å². The van der Waals surface area contributed by atoms with Gasteiger partial charge < -0.3 is 9.15 Å². The summed E-state index contributed by atoms with van der Waals surface area (Å²) >= 11 is 5.16. The maximum Gasteiger partial charge on any atom is 0.433 e. The molecule has 1 aromatic heterocycles. The van der Waals surface area contributed by atoms with Crippen LogP contribution in [0.3, 0.4) is 0 Å². The molecule has 6 nitrogen and oxygen atoms in total. The number of carbonyl (C=O) groups is 1. The summed E-state index contributed by atoms with van der Waals surface area (Å²) in [5.74, 6) is -1.05. The van der Waals surface area contributed by atoms with Gasteiger partial charge in [-0.3, -0.25) is 14.9 Å². The Hall–Kier alpha value is -1.56. The lowest BCUT2D eigenvalue weighted by molar-refractivity contribution is -0.402. The first-order chi connectivity index (χ1) is 6.63. The number of nitro groups is 1. The van der Waals surface area contributed by atoms with Gasteiger partial charge in [0.1, 0.15) is 23.2 Å². The highest BCUT2D eigenvalue weighted by atomic mass is 35.5. The van der Waals surface area contributed by atoms with Crippen molar-refractivity contribution in [2.45, 2.75) is 6.61 Å². The molecule has 0 spiro atoms. The molecule has 1 rings (SSSR count). The Morgan fingerprint density at radius 3 is 2.86 bits per heavy atom.